The number of aromatic amines is 1. The molecule has 4 rings (SSSR count). The molecule has 0 aliphatic carbocycles. The number of nitrogens with one attached hydrogen (secondary N) is 2. The molecule has 1 atom stereocenters. The molecular weight excluding hydrogens is 413 g/mol. The van der Waals surface area contributed by atoms with E-state index in [0.29, 0.717) is 48.3 Å². The van der Waals surface area contributed by atoms with E-state index in [2.05, 4.69) is 15.5 Å². The number of benzene rings is 1. The largest absolute Gasteiger partial charge is 0.378 e. The summed E-state index contributed by atoms with van der Waals surface area (Å²) in [6, 6.07) is 7.92. The van der Waals surface area contributed by atoms with Crippen LogP contribution in [-0.2, 0) is 9.53 Å². The van der Waals surface area contributed by atoms with E-state index in [1.54, 1.807) is 23.6 Å². The highest BCUT2D eigenvalue weighted by atomic mass is 32.1. The number of carbonyl (C=O) groups is 1. The van der Waals surface area contributed by atoms with Crippen LogP contribution in [0.5, 0.6) is 0 Å². The number of anilines is 2. The normalized spacial score (nSPS) is 15.3. The van der Waals surface area contributed by atoms with Crippen LogP contribution in [0.25, 0.3) is 10.7 Å². The molecule has 0 radical (unpaired) electrons. The smallest absolute Gasteiger partial charge is 0.247 e. The van der Waals surface area contributed by atoms with Crippen LogP contribution in [-0.4, -0.2) is 47.0 Å². The summed E-state index contributed by atoms with van der Waals surface area (Å²) in [5.41, 5.74) is 0.903. The van der Waals surface area contributed by atoms with Gasteiger partial charge in [0.05, 0.1) is 23.8 Å². The molecule has 2 aromatic heterocycles. The van der Waals surface area contributed by atoms with Gasteiger partial charge >= 0.3 is 0 Å². The van der Waals surface area contributed by atoms with Crippen molar-refractivity contribution in [3.63, 3.8) is 0 Å². The van der Waals surface area contributed by atoms with Crippen LogP contribution in [0.3, 0.4) is 0 Å². The summed E-state index contributed by atoms with van der Waals surface area (Å²) in [5.74, 6) is -0.0862. The van der Waals surface area contributed by atoms with Crippen molar-refractivity contribution in [3.05, 3.63) is 46.3 Å². The second kappa shape index (κ2) is 8.44. The van der Waals surface area contributed by atoms with E-state index in [-0.39, 0.29) is 11.7 Å². The Morgan fingerprint density at radius 2 is 2.17 bits per heavy atom. The third kappa shape index (κ3) is 4.09. The van der Waals surface area contributed by atoms with Crippen LogP contribution >= 0.6 is 23.6 Å². The van der Waals surface area contributed by atoms with E-state index in [1.807, 2.05) is 22.4 Å². The van der Waals surface area contributed by atoms with Gasteiger partial charge < -0.3 is 15.0 Å². The van der Waals surface area contributed by atoms with Crippen molar-refractivity contribution >= 4 is 40.8 Å². The zero-order chi connectivity index (χ0) is 20.4. The van der Waals surface area contributed by atoms with Crippen molar-refractivity contribution < 1.29 is 13.9 Å². The van der Waals surface area contributed by atoms with Gasteiger partial charge in [-0.25, -0.2) is 4.39 Å². The van der Waals surface area contributed by atoms with Gasteiger partial charge in [-0.3, -0.25) is 14.5 Å². The minimum absolute atomic E-state index is 0.307. The molecule has 1 unspecified atom stereocenters. The van der Waals surface area contributed by atoms with Gasteiger partial charge in [-0.2, -0.15) is 5.10 Å². The van der Waals surface area contributed by atoms with E-state index in [1.165, 1.54) is 17.4 Å². The summed E-state index contributed by atoms with van der Waals surface area (Å²) in [7, 11) is 0. The number of hydrogen-bond acceptors (Lipinski definition) is 6. The number of amides is 1. The Labute approximate surface area is 176 Å². The molecule has 1 fully saturated rings. The third-order valence-corrected chi connectivity index (χ3v) is 5.93. The maximum Gasteiger partial charge on any atom is 0.247 e. The van der Waals surface area contributed by atoms with Gasteiger partial charge in [-0.1, -0.05) is 6.07 Å². The maximum atomic E-state index is 14.6. The van der Waals surface area contributed by atoms with Gasteiger partial charge in [0, 0.05) is 18.8 Å². The first-order valence-electron chi connectivity index (χ1n) is 9.18. The highest BCUT2D eigenvalue weighted by Crippen LogP contribution is 2.27. The molecule has 29 heavy (non-hydrogen) atoms. The molecule has 1 aromatic carbocycles. The van der Waals surface area contributed by atoms with Crippen LogP contribution in [0.1, 0.15) is 13.0 Å². The average Bonchev–Trinajstić information content (AvgIpc) is 3.37. The minimum Gasteiger partial charge on any atom is -0.378 e. The van der Waals surface area contributed by atoms with E-state index < -0.39 is 6.04 Å². The SMILES string of the molecule is CC(C(=O)Nc1ccc(N2CCOCC2)c(F)c1)n1c(-c2cccs2)n[nH]c1=S. The fourth-order valence-electron chi connectivity index (χ4n) is 3.25. The highest BCUT2D eigenvalue weighted by molar-refractivity contribution is 7.71. The summed E-state index contributed by atoms with van der Waals surface area (Å²) >= 11 is 6.82. The number of ether oxygens (including phenoxy) is 1. The monoisotopic (exact) mass is 433 g/mol. The lowest BCUT2D eigenvalue weighted by Gasteiger charge is -2.29. The first-order chi connectivity index (χ1) is 14.0. The Hall–Kier alpha value is -2.56. The summed E-state index contributed by atoms with van der Waals surface area (Å²) in [4.78, 5) is 15.7. The average molecular weight is 434 g/mol. The fourth-order valence-corrected chi connectivity index (χ4v) is 4.25. The van der Waals surface area contributed by atoms with Gasteiger partial charge in [0.15, 0.2) is 10.6 Å². The molecule has 1 amide bonds. The van der Waals surface area contributed by atoms with Crippen molar-refractivity contribution in [1.82, 2.24) is 14.8 Å². The first-order valence-corrected chi connectivity index (χ1v) is 10.5. The zero-order valence-electron chi connectivity index (χ0n) is 15.7. The van der Waals surface area contributed by atoms with Crippen molar-refractivity contribution in [3.8, 4) is 10.7 Å². The summed E-state index contributed by atoms with van der Waals surface area (Å²) in [5, 5.41) is 11.7. The number of aromatic nitrogens is 3. The number of thiophene rings is 1. The molecule has 0 bridgehead atoms. The van der Waals surface area contributed by atoms with Crippen molar-refractivity contribution in [2.75, 3.05) is 36.5 Å². The van der Waals surface area contributed by atoms with E-state index in [4.69, 9.17) is 17.0 Å². The van der Waals surface area contributed by atoms with Crippen molar-refractivity contribution in [2.45, 2.75) is 13.0 Å². The summed E-state index contributed by atoms with van der Waals surface area (Å²) in [6.07, 6.45) is 0. The lowest BCUT2D eigenvalue weighted by Crippen LogP contribution is -2.36. The van der Waals surface area contributed by atoms with Gasteiger partial charge in [-0.05, 0) is 48.8 Å². The van der Waals surface area contributed by atoms with Crippen LogP contribution in [0.4, 0.5) is 15.8 Å². The molecule has 1 aliphatic heterocycles. The highest BCUT2D eigenvalue weighted by Gasteiger charge is 2.22. The number of nitrogens with zero attached hydrogens (tertiary/aromatic N) is 3. The number of halogens is 1. The van der Waals surface area contributed by atoms with Crippen molar-refractivity contribution in [1.29, 1.82) is 0 Å². The standard InChI is InChI=1S/C19H20FN5O2S2/c1-12(25-17(22-23-19(25)28)16-3-2-10-29-16)18(26)21-13-4-5-15(14(20)11-13)24-6-8-27-9-7-24/h2-5,10-12H,6-9H2,1H3,(H,21,26)(H,23,28). The van der Waals surface area contributed by atoms with Gasteiger partial charge in [0.25, 0.3) is 0 Å². The molecule has 1 saturated heterocycles. The van der Waals surface area contributed by atoms with E-state index in [9.17, 15) is 9.18 Å². The van der Waals surface area contributed by atoms with Crippen LogP contribution in [0.2, 0.25) is 0 Å². The number of H-pyrrole nitrogens is 1. The Kier molecular flexibility index (Phi) is 5.74. The minimum atomic E-state index is -0.625. The van der Waals surface area contributed by atoms with Crippen LogP contribution in [0, 0.1) is 10.6 Å². The Balaban J connectivity index is 1.52. The third-order valence-electron chi connectivity index (χ3n) is 4.78. The van der Waals surface area contributed by atoms with Gasteiger partial charge in [-0.15, -0.1) is 11.3 Å². The number of rotatable bonds is 5. The molecule has 10 heteroatoms. The molecule has 152 valence electrons. The molecule has 0 spiro atoms. The quantitative estimate of drug-likeness (QED) is 0.598. The Bertz CT molecular complexity index is 1060. The molecule has 3 heterocycles. The fraction of sp³-hybridized carbons (Fsp3) is 0.316. The number of carbonyl (C=O) groups excluding carboxylic acids is 1. The second-order valence-corrected chi connectivity index (χ2v) is 7.96. The van der Waals surface area contributed by atoms with E-state index >= 15 is 0 Å². The van der Waals surface area contributed by atoms with Crippen LogP contribution in [0.15, 0.2) is 35.7 Å². The predicted molar refractivity (Wildman–Crippen MR) is 113 cm³/mol. The van der Waals surface area contributed by atoms with Gasteiger partial charge in [0.2, 0.25) is 5.91 Å². The Morgan fingerprint density at radius 3 is 2.86 bits per heavy atom. The second-order valence-electron chi connectivity index (χ2n) is 6.63. The lowest BCUT2D eigenvalue weighted by atomic mass is 10.2. The lowest BCUT2D eigenvalue weighted by molar-refractivity contribution is -0.118. The predicted octanol–water partition coefficient (Wildman–Crippen LogP) is 3.84. The molecule has 1 aliphatic rings. The van der Waals surface area contributed by atoms with Crippen molar-refractivity contribution in [2.24, 2.45) is 0 Å². The molecule has 2 N–H and O–H groups in total. The number of morpholine rings is 1. The molecule has 0 saturated carbocycles. The van der Waals surface area contributed by atoms with E-state index in [0.717, 1.165) is 4.88 Å². The maximum absolute atomic E-state index is 14.6. The molecule has 3 aromatic rings. The molecule has 7 nitrogen and oxygen atoms in total. The number of hydrogen-bond donors (Lipinski definition) is 2. The summed E-state index contributed by atoms with van der Waals surface area (Å²) in [6.45, 7) is 4.17. The Morgan fingerprint density at radius 1 is 1.38 bits per heavy atom. The topological polar surface area (TPSA) is 75.2 Å². The zero-order valence-corrected chi connectivity index (χ0v) is 17.4. The first kappa shape index (κ1) is 19.7. The summed E-state index contributed by atoms with van der Waals surface area (Å²) < 4.78 is 21.9. The van der Waals surface area contributed by atoms with Gasteiger partial charge in [0.1, 0.15) is 11.9 Å². The van der Waals surface area contributed by atoms with Crippen LogP contribution < -0.4 is 10.2 Å². The molecular formula is C19H20FN5O2S2.